The van der Waals surface area contributed by atoms with Gasteiger partial charge in [-0.25, -0.2) is 0 Å². The van der Waals surface area contributed by atoms with Gasteiger partial charge in [-0.05, 0) is 43.5 Å². The number of nitrogens with zero attached hydrogens (tertiary/aromatic N) is 5. The van der Waals surface area contributed by atoms with Crippen LogP contribution in [0.25, 0.3) is 0 Å². The Balaban J connectivity index is 0.00000240. The van der Waals surface area contributed by atoms with Gasteiger partial charge in [0.15, 0.2) is 11.8 Å². The van der Waals surface area contributed by atoms with E-state index in [1.807, 2.05) is 0 Å². The van der Waals surface area contributed by atoms with Crippen LogP contribution >= 0.6 is 24.0 Å². The van der Waals surface area contributed by atoms with Gasteiger partial charge in [0, 0.05) is 33.1 Å². The van der Waals surface area contributed by atoms with Gasteiger partial charge < -0.3 is 15.2 Å². The predicted octanol–water partition coefficient (Wildman–Crippen LogP) is 2.69. The van der Waals surface area contributed by atoms with E-state index in [2.05, 4.69) is 59.6 Å². The van der Waals surface area contributed by atoms with Crippen LogP contribution in [0.4, 0.5) is 0 Å². The normalized spacial score (nSPS) is 16.9. The van der Waals surface area contributed by atoms with E-state index in [9.17, 15) is 0 Å². The van der Waals surface area contributed by atoms with Crippen molar-refractivity contribution in [3.8, 4) is 0 Å². The van der Waals surface area contributed by atoms with Gasteiger partial charge in [0.25, 0.3) is 0 Å². The Hall–Kier alpha value is -1.68. The van der Waals surface area contributed by atoms with E-state index < -0.39 is 0 Å². The maximum atomic E-state index is 4.32. The third-order valence-electron chi connectivity index (χ3n) is 5.66. The summed E-state index contributed by atoms with van der Waals surface area (Å²) in [5, 5.41) is 15.3. The van der Waals surface area contributed by atoms with Gasteiger partial charge >= 0.3 is 0 Å². The van der Waals surface area contributed by atoms with E-state index in [1.165, 1.54) is 49.9 Å². The van der Waals surface area contributed by atoms with E-state index in [4.69, 9.17) is 0 Å². The molecule has 0 saturated carbocycles. The van der Waals surface area contributed by atoms with Crippen LogP contribution in [0.3, 0.4) is 0 Å². The lowest BCUT2D eigenvalue weighted by Crippen LogP contribution is -2.37. The minimum Gasteiger partial charge on any atom is -0.352 e. The Morgan fingerprint density at radius 1 is 0.931 bits per heavy atom. The van der Waals surface area contributed by atoms with Crippen molar-refractivity contribution in [3.63, 3.8) is 0 Å². The number of aryl methyl sites for hydroxylation is 1. The fourth-order valence-electron chi connectivity index (χ4n) is 4.05. The maximum Gasteiger partial charge on any atom is 0.191 e. The van der Waals surface area contributed by atoms with Crippen molar-refractivity contribution in [1.82, 2.24) is 30.3 Å². The van der Waals surface area contributed by atoms with Crippen molar-refractivity contribution in [1.29, 1.82) is 0 Å². The molecule has 2 aliphatic rings. The van der Waals surface area contributed by atoms with Crippen molar-refractivity contribution < 1.29 is 0 Å². The van der Waals surface area contributed by atoms with Crippen LogP contribution in [0.1, 0.15) is 48.5 Å². The minimum atomic E-state index is 0. The number of hydrogen-bond acceptors (Lipinski definition) is 4. The Morgan fingerprint density at radius 3 is 2.41 bits per heavy atom. The molecule has 3 heterocycles. The second-order valence-electron chi connectivity index (χ2n) is 7.72. The minimum absolute atomic E-state index is 0. The van der Waals surface area contributed by atoms with Crippen LogP contribution in [0.2, 0.25) is 0 Å². The lowest BCUT2D eigenvalue weighted by atomic mass is 10.1. The molecule has 0 bridgehead atoms. The molecule has 4 rings (SSSR count). The van der Waals surface area contributed by atoms with E-state index in [-0.39, 0.29) is 24.0 Å². The molecule has 1 aromatic carbocycles. The first kappa shape index (κ1) is 22.0. The summed E-state index contributed by atoms with van der Waals surface area (Å²) < 4.78 is 2.21. The molecule has 0 amide bonds. The average molecular weight is 509 g/mol. The second kappa shape index (κ2) is 10.9. The molecule has 2 aromatic rings. The van der Waals surface area contributed by atoms with E-state index in [0.717, 1.165) is 43.7 Å². The van der Waals surface area contributed by atoms with Gasteiger partial charge in [-0.15, -0.1) is 34.2 Å². The fourth-order valence-corrected chi connectivity index (χ4v) is 4.05. The number of fused-ring (bicyclic) bond motifs is 1. The summed E-state index contributed by atoms with van der Waals surface area (Å²) in [6.07, 6.45) is 6.26. The standard InChI is InChI=1S/C21H31N7.HI/c1-22-21(24-15-20-26-25-19-6-5-13-28(19)20)23-14-17-7-9-18(10-8-17)16-27-11-3-2-4-12-27;/h7-10H,2-6,11-16H2,1H3,(H2,22,23,24);1H. The van der Waals surface area contributed by atoms with Crippen molar-refractivity contribution in [2.45, 2.75) is 58.3 Å². The lowest BCUT2D eigenvalue weighted by molar-refractivity contribution is 0.221. The highest BCUT2D eigenvalue weighted by Crippen LogP contribution is 2.14. The zero-order valence-electron chi connectivity index (χ0n) is 17.2. The van der Waals surface area contributed by atoms with Crippen LogP contribution in [0.15, 0.2) is 29.3 Å². The van der Waals surface area contributed by atoms with E-state index in [0.29, 0.717) is 6.54 Å². The molecule has 0 radical (unpaired) electrons. The first-order valence-corrected chi connectivity index (χ1v) is 10.5. The molecule has 0 spiro atoms. The first-order valence-electron chi connectivity index (χ1n) is 10.5. The predicted molar refractivity (Wildman–Crippen MR) is 126 cm³/mol. The molecule has 2 aliphatic heterocycles. The lowest BCUT2D eigenvalue weighted by Gasteiger charge is -2.26. The number of aliphatic imine (C=N–C) groups is 1. The Labute approximate surface area is 190 Å². The fraction of sp³-hybridized carbons (Fsp3) is 0.571. The Bertz CT molecular complexity index is 794. The molecular weight excluding hydrogens is 477 g/mol. The van der Waals surface area contributed by atoms with Crippen LogP contribution in [0.5, 0.6) is 0 Å². The summed E-state index contributed by atoms with van der Waals surface area (Å²) in [7, 11) is 1.80. The molecule has 1 saturated heterocycles. The topological polar surface area (TPSA) is 70.4 Å². The molecule has 158 valence electrons. The molecule has 29 heavy (non-hydrogen) atoms. The van der Waals surface area contributed by atoms with Crippen molar-refractivity contribution >= 4 is 29.9 Å². The van der Waals surface area contributed by atoms with E-state index in [1.54, 1.807) is 7.05 Å². The zero-order valence-corrected chi connectivity index (χ0v) is 19.6. The Kier molecular flexibility index (Phi) is 8.29. The smallest absolute Gasteiger partial charge is 0.191 e. The molecule has 1 fully saturated rings. The van der Waals surface area contributed by atoms with Gasteiger partial charge in [0.2, 0.25) is 0 Å². The third-order valence-corrected chi connectivity index (χ3v) is 5.66. The molecule has 1 aromatic heterocycles. The zero-order chi connectivity index (χ0) is 19.2. The van der Waals surface area contributed by atoms with Crippen molar-refractivity contribution in [3.05, 3.63) is 47.0 Å². The van der Waals surface area contributed by atoms with Crippen LogP contribution in [-0.4, -0.2) is 45.8 Å². The number of nitrogens with one attached hydrogen (secondary N) is 2. The summed E-state index contributed by atoms with van der Waals surface area (Å²) >= 11 is 0. The largest absolute Gasteiger partial charge is 0.352 e. The number of rotatable bonds is 6. The molecule has 2 N–H and O–H groups in total. The van der Waals surface area contributed by atoms with Gasteiger partial charge in [0.05, 0.1) is 6.54 Å². The molecular formula is C21H32IN7. The van der Waals surface area contributed by atoms with E-state index >= 15 is 0 Å². The third kappa shape index (κ3) is 5.91. The Morgan fingerprint density at radius 2 is 1.66 bits per heavy atom. The molecule has 8 heteroatoms. The number of guanidine groups is 1. The van der Waals surface area contributed by atoms with Crippen molar-refractivity contribution in [2.75, 3.05) is 20.1 Å². The highest BCUT2D eigenvalue weighted by Gasteiger charge is 2.17. The molecule has 7 nitrogen and oxygen atoms in total. The summed E-state index contributed by atoms with van der Waals surface area (Å²) in [4.78, 5) is 6.88. The van der Waals surface area contributed by atoms with Crippen molar-refractivity contribution in [2.24, 2.45) is 4.99 Å². The molecule has 0 aliphatic carbocycles. The molecule has 0 unspecified atom stereocenters. The monoisotopic (exact) mass is 509 g/mol. The van der Waals surface area contributed by atoms with Crippen LogP contribution in [-0.2, 0) is 32.6 Å². The maximum absolute atomic E-state index is 4.32. The first-order chi connectivity index (χ1) is 13.8. The van der Waals surface area contributed by atoms with Gasteiger partial charge in [-0.2, -0.15) is 0 Å². The van der Waals surface area contributed by atoms with Crippen LogP contribution in [0, 0.1) is 0 Å². The summed E-state index contributed by atoms with van der Waals surface area (Å²) in [6, 6.07) is 8.93. The summed E-state index contributed by atoms with van der Waals surface area (Å²) in [6.45, 7) is 5.96. The summed E-state index contributed by atoms with van der Waals surface area (Å²) in [5.41, 5.74) is 2.66. The average Bonchev–Trinajstić information content (AvgIpc) is 3.35. The quantitative estimate of drug-likeness (QED) is 0.356. The van der Waals surface area contributed by atoms with Gasteiger partial charge in [-0.1, -0.05) is 30.7 Å². The second-order valence-corrected chi connectivity index (χ2v) is 7.72. The van der Waals surface area contributed by atoms with Gasteiger partial charge in [0.1, 0.15) is 5.82 Å². The SMILES string of the molecule is CN=C(NCc1ccc(CN2CCCCC2)cc1)NCc1nnc2n1CCC2.I. The van der Waals surface area contributed by atoms with Gasteiger partial charge in [-0.3, -0.25) is 9.89 Å². The summed E-state index contributed by atoms with van der Waals surface area (Å²) in [5.74, 6) is 2.87. The highest BCUT2D eigenvalue weighted by molar-refractivity contribution is 14.0. The number of aromatic nitrogens is 3. The number of piperidine rings is 1. The number of halogens is 1. The number of hydrogen-bond donors (Lipinski definition) is 2. The number of benzene rings is 1. The van der Waals surface area contributed by atoms with Crippen LogP contribution < -0.4 is 10.6 Å². The molecule has 0 atom stereocenters. The highest BCUT2D eigenvalue weighted by atomic mass is 127. The number of likely N-dealkylation sites (tertiary alicyclic amines) is 1.